The molecule has 1 saturated heterocycles. The molecule has 3 rings (SSSR count). The van der Waals surface area contributed by atoms with Crippen LogP contribution in [0.3, 0.4) is 0 Å². The van der Waals surface area contributed by atoms with Crippen LogP contribution in [0.25, 0.3) is 0 Å². The van der Waals surface area contributed by atoms with E-state index in [1.807, 2.05) is 35.2 Å². The number of likely N-dealkylation sites (tertiary alicyclic amines) is 1. The lowest BCUT2D eigenvalue weighted by Crippen LogP contribution is -2.38. The first-order valence-electron chi connectivity index (χ1n) is 12.6. The quantitative estimate of drug-likeness (QED) is 0.357. The maximum absolute atomic E-state index is 13.6. The van der Waals surface area contributed by atoms with Crippen LogP contribution < -0.4 is 0 Å². The summed E-state index contributed by atoms with van der Waals surface area (Å²) < 4.78 is 0. The van der Waals surface area contributed by atoms with Crippen molar-refractivity contribution in [1.29, 1.82) is 5.41 Å². The van der Waals surface area contributed by atoms with Gasteiger partial charge in [-0.1, -0.05) is 85.2 Å². The number of carbonyl (C=O) groups is 1. The lowest BCUT2D eigenvalue weighted by atomic mass is 9.78. The minimum Gasteiger partial charge on any atom is -0.507 e. The Morgan fingerprint density at radius 1 is 1.03 bits per heavy atom. The number of nitrogens with zero attached hydrogens (tertiary/aromatic N) is 1. The second-order valence-corrected chi connectivity index (χ2v) is 11.9. The highest BCUT2D eigenvalue weighted by Crippen LogP contribution is 2.40. The Balaban J connectivity index is 0.00000432. The molecule has 5 heteroatoms. The Kier molecular flexibility index (Phi) is 9.38. The SMILES string of the molecule is Br.CCC[C@@H]1C[C@H](Cc2ccccc2)C(=N)N1CC(=O)c1cc(C(C)(C)C)c(O)c(C(C)(C)C)c1. The molecule has 0 aliphatic carbocycles. The number of rotatable bonds is 7. The molecule has 2 N–H and O–H groups in total. The Morgan fingerprint density at radius 2 is 1.57 bits per heavy atom. The monoisotopic (exact) mass is 542 g/mol. The fourth-order valence-corrected chi connectivity index (χ4v) is 5.08. The van der Waals surface area contributed by atoms with Gasteiger partial charge in [-0.15, -0.1) is 17.0 Å². The summed E-state index contributed by atoms with van der Waals surface area (Å²) in [5.41, 5.74) is 2.89. The minimum atomic E-state index is -0.285. The summed E-state index contributed by atoms with van der Waals surface area (Å²) in [4.78, 5) is 15.7. The van der Waals surface area contributed by atoms with Gasteiger partial charge in [0, 0.05) is 28.7 Å². The predicted octanol–water partition coefficient (Wildman–Crippen LogP) is 7.46. The third kappa shape index (κ3) is 6.75. The van der Waals surface area contributed by atoms with Gasteiger partial charge in [0.1, 0.15) is 5.75 Å². The molecule has 0 aromatic heterocycles. The summed E-state index contributed by atoms with van der Waals surface area (Å²) in [5, 5.41) is 20.0. The fourth-order valence-electron chi connectivity index (χ4n) is 5.08. The largest absolute Gasteiger partial charge is 0.507 e. The summed E-state index contributed by atoms with van der Waals surface area (Å²) in [6.07, 6.45) is 3.77. The van der Waals surface area contributed by atoms with Gasteiger partial charge in [0.05, 0.1) is 12.4 Å². The molecule has 192 valence electrons. The predicted molar refractivity (Wildman–Crippen MR) is 152 cm³/mol. The first-order valence-corrected chi connectivity index (χ1v) is 12.6. The molecule has 1 fully saturated rings. The Bertz CT molecular complexity index is 1000. The van der Waals surface area contributed by atoms with Gasteiger partial charge in [-0.2, -0.15) is 0 Å². The number of hydrogen-bond donors (Lipinski definition) is 2. The van der Waals surface area contributed by atoms with Crippen LogP contribution in [0.15, 0.2) is 42.5 Å². The molecule has 1 aliphatic heterocycles. The molecule has 35 heavy (non-hydrogen) atoms. The molecule has 1 heterocycles. The van der Waals surface area contributed by atoms with Gasteiger partial charge in [-0.05, 0) is 47.8 Å². The number of phenolic OH excluding ortho intramolecular Hbond substituents is 1. The fraction of sp³-hybridized carbons (Fsp3) is 0.533. The van der Waals surface area contributed by atoms with Crippen molar-refractivity contribution in [3.63, 3.8) is 0 Å². The average Bonchev–Trinajstić information content (AvgIpc) is 3.02. The van der Waals surface area contributed by atoms with Gasteiger partial charge in [0.15, 0.2) is 5.78 Å². The van der Waals surface area contributed by atoms with Gasteiger partial charge in [0.2, 0.25) is 0 Å². The highest BCUT2D eigenvalue weighted by molar-refractivity contribution is 8.93. The summed E-state index contributed by atoms with van der Waals surface area (Å²) in [6.45, 7) is 14.7. The molecule has 2 aromatic rings. The number of benzene rings is 2. The van der Waals surface area contributed by atoms with E-state index < -0.39 is 0 Å². The zero-order chi connectivity index (χ0) is 25.3. The highest BCUT2D eigenvalue weighted by Gasteiger charge is 2.37. The first kappa shape index (κ1) is 29.1. The van der Waals surface area contributed by atoms with Crippen LogP contribution >= 0.6 is 17.0 Å². The number of phenols is 1. The number of nitrogens with one attached hydrogen (secondary N) is 1. The molecular formula is C30H43BrN2O2. The zero-order valence-corrected chi connectivity index (χ0v) is 24.2. The third-order valence-corrected chi connectivity index (χ3v) is 7.00. The van der Waals surface area contributed by atoms with E-state index in [9.17, 15) is 9.90 Å². The average molecular weight is 544 g/mol. The van der Waals surface area contributed by atoms with Crippen molar-refractivity contribution in [3.8, 4) is 5.75 Å². The van der Waals surface area contributed by atoms with E-state index in [0.717, 1.165) is 36.8 Å². The van der Waals surface area contributed by atoms with Gasteiger partial charge in [0.25, 0.3) is 0 Å². The van der Waals surface area contributed by atoms with Crippen molar-refractivity contribution in [2.24, 2.45) is 5.92 Å². The maximum atomic E-state index is 13.6. The maximum Gasteiger partial charge on any atom is 0.182 e. The lowest BCUT2D eigenvalue weighted by Gasteiger charge is -2.29. The standard InChI is InChI=1S/C30H42N2O2.BrH/c1-8-12-23-16-22(15-20-13-10-9-11-14-20)28(31)32(23)19-26(33)21-17-24(29(2,3)4)27(34)25(18-21)30(5,6)7;/h9-11,13-14,17-18,22-23,31,34H,8,12,15-16,19H2,1-7H3;1H/t22-,23+;/m0./s1. The Morgan fingerprint density at radius 3 is 2.06 bits per heavy atom. The van der Waals surface area contributed by atoms with Crippen molar-refractivity contribution in [2.75, 3.05) is 6.54 Å². The van der Waals surface area contributed by atoms with Crippen molar-refractivity contribution in [3.05, 3.63) is 64.7 Å². The van der Waals surface area contributed by atoms with E-state index in [4.69, 9.17) is 5.41 Å². The van der Waals surface area contributed by atoms with E-state index in [-0.39, 0.29) is 57.8 Å². The second-order valence-electron chi connectivity index (χ2n) is 11.9. The molecule has 2 aromatic carbocycles. The normalized spacial score (nSPS) is 18.5. The molecule has 0 saturated carbocycles. The van der Waals surface area contributed by atoms with E-state index in [2.05, 4.69) is 60.6 Å². The summed E-state index contributed by atoms with van der Waals surface area (Å²) in [5.74, 6) is 1.03. The van der Waals surface area contributed by atoms with Gasteiger partial charge >= 0.3 is 0 Å². The van der Waals surface area contributed by atoms with Crippen molar-refractivity contribution >= 4 is 28.6 Å². The number of amidine groups is 1. The molecule has 0 radical (unpaired) electrons. The van der Waals surface area contributed by atoms with E-state index >= 15 is 0 Å². The molecule has 0 spiro atoms. The van der Waals surface area contributed by atoms with Gasteiger partial charge in [-0.25, -0.2) is 0 Å². The second kappa shape index (κ2) is 11.3. The van der Waals surface area contributed by atoms with Crippen LogP contribution in [-0.4, -0.2) is 34.2 Å². The lowest BCUT2D eigenvalue weighted by molar-refractivity contribution is 0.0950. The van der Waals surface area contributed by atoms with Crippen LogP contribution in [0.2, 0.25) is 0 Å². The molecule has 4 nitrogen and oxygen atoms in total. The first-order chi connectivity index (χ1) is 15.8. The molecular weight excluding hydrogens is 500 g/mol. The van der Waals surface area contributed by atoms with Crippen LogP contribution in [0.4, 0.5) is 0 Å². The summed E-state index contributed by atoms with van der Waals surface area (Å²) in [7, 11) is 0. The number of aromatic hydroxyl groups is 1. The number of carbonyl (C=O) groups excluding carboxylic acids is 1. The number of hydrogen-bond acceptors (Lipinski definition) is 3. The highest BCUT2D eigenvalue weighted by atomic mass is 79.9. The smallest absolute Gasteiger partial charge is 0.182 e. The summed E-state index contributed by atoms with van der Waals surface area (Å²) in [6, 6.07) is 14.3. The van der Waals surface area contributed by atoms with E-state index in [1.165, 1.54) is 5.56 Å². The van der Waals surface area contributed by atoms with E-state index in [0.29, 0.717) is 11.4 Å². The van der Waals surface area contributed by atoms with Crippen molar-refractivity contribution < 1.29 is 9.90 Å². The number of ketones is 1. The molecule has 2 atom stereocenters. The van der Waals surface area contributed by atoms with Crippen LogP contribution in [0.5, 0.6) is 5.75 Å². The summed E-state index contributed by atoms with van der Waals surface area (Å²) >= 11 is 0. The van der Waals surface area contributed by atoms with Crippen LogP contribution in [0.1, 0.15) is 94.8 Å². The number of Topliss-reactive ketones (excluding diaryl/α,β-unsaturated/α-hetero) is 1. The van der Waals surface area contributed by atoms with Crippen LogP contribution in [0, 0.1) is 11.3 Å². The minimum absolute atomic E-state index is 0. The third-order valence-electron chi connectivity index (χ3n) is 7.00. The Hall–Kier alpha value is -2.14. The number of halogens is 1. The molecule has 0 amide bonds. The topological polar surface area (TPSA) is 64.4 Å². The molecule has 1 aliphatic rings. The molecule has 0 bridgehead atoms. The van der Waals surface area contributed by atoms with Crippen molar-refractivity contribution in [2.45, 2.75) is 91.0 Å². The van der Waals surface area contributed by atoms with Gasteiger partial charge < -0.3 is 10.0 Å². The van der Waals surface area contributed by atoms with E-state index in [1.54, 1.807) is 0 Å². The van der Waals surface area contributed by atoms with Gasteiger partial charge in [-0.3, -0.25) is 10.2 Å². The van der Waals surface area contributed by atoms with Crippen molar-refractivity contribution in [1.82, 2.24) is 4.90 Å². The Labute approximate surface area is 222 Å². The molecule has 0 unspecified atom stereocenters. The van der Waals surface area contributed by atoms with Crippen LogP contribution in [-0.2, 0) is 17.3 Å². The zero-order valence-electron chi connectivity index (χ0n) is 22.4.